The van der Waals surface area contributed by atoms with E-state index in [1.165, 1.54) is 0 Å². The predicted molar refractivity (Wildman–Crippen MR) is 103 cm³/mol. The van der Waals surface area contributed by atoms with Crippen molar-refractivity contribution < 1.29 is 18.3 Å². The Hall–Kier alpha value is -1.50. The number of benzene rings is 2. The van der Waals surface area contributed by atoms with Crippen LogP contribution in [0.1, 0.15) is 43.4 Å². The third-order valence-electron chi connectivity index (χ3n) is 5.09. The van der Waals surface area contributed by atoms with Crippen LogP contribution in [0.25, 0.3) is 0 Å². The number of fused-ring (bicyclic) bond motifs is 1. The highest BCUT2D eigenvalue weighted by Crippen LogP contribution is 2.41. The van der Waals surface area contributed by atoms with Crippen molar-refractivity contribution in [3.63, 3.8) is 0 Å². The molecule has 0 unspecified atom stereocenters. The van der Waals surface area contributed by atoms with Gasteiger partial charge in [-0.1, -0.05) is 55.5 Å². The van der Waals surface area contributed by atoms with E-state index >= 15 is 0 Å². The molecule has 2 aromatic carbocycles. The van der Waals surface area contributed by atoms with Crippen LogP contribution in [-0.4, -0.2) is 28.7 Å². The number of hydrogen-bond acceptors (Lipinski definition) is 3. The van der Waals surface area contributed by atoms with Gasteiger partial charge in [0.1, 0.15) is 0 Å². The molecule has 3 rings (SSSR count). The van der Waals surface area contributed by atoms with Crippen LogP contribution in [0.2, 0.25) is 0 Å². The van der Waals surface area contributed by atoms with E-state index < -0.39 is 24.2 Å². The Morgan fingerprint density at radius 3 is 2.48 bits per heavy atom. The molecule has 0 fully saturated rings. The quantitative estimate of drug-likeness (QED) is 0.718. The number of rotatable bonds is 5. The zero-order valence-corrected chi connectivity index (χ0v) is 16.0. The summed E-state index contributed by atoms with van der Waals surface area (Å²) in [6.07, 6.45) is -6.27. The van der Waals surface area contributed by atoms with Gasteiger partial charge in [0.25, 0.3) is 0 Å². The Kier molecular flexibility index (Phi) is 6.18. The maximum Gasteiger partial charge on any atom is 0.391 e. The van der Waals surface area contributed by atoms with Gasteiger partial charge in [0, 0.05) is 16.2 Å². The Labute approximate surface area is 162 Å². The summed E-state index contributed by atoms with van der Waals surface area (Å²) in [6, 6.07) is 17.9. The van der Waals surface area contributed by atoms with E-state index in [9.17, 15) is 18.3 Å². The molecule has 1 aliphatic rings. The van der Waals surface area contributed by atoms with E-state index in [0.717, 1.165) is 16.0 Å². The van der Waals surface area contributed by atoms with Crippen LogP contribution in [0.3, 0.4) is 0 Å². The molecule has 1 aliphatic heterocycles. The first-order valence-corrected chi connectivity index (χ1v) is 10.1. The molecule has 2 aromatic rings. The molecule has 3 atom stereocenters. The summed E-state index contributed by atoms with van der Waals surface area (Å²) in [7, 11) is 0. The fraction of sp³-hybridized carbons (Fsp3) is 0.429. The molecule has 2 N–H and O–H groups in total. The Morgan fingerprint density at radius 1 is 1.15 bits per heavy atom. The lowest BCUT2D eigenvalue weighted by atomic mass is 9.87. The molecule has 146 valence electrons. The van der Waals surface area contributed by atoms with Gasteiger partial charge in [0.05, 0.1) is 18.6 Å². The summed E-state index contributed by atoms with van der Waals surface area (Å²) in [5.41, 5.74) is 1.60. The highest BCUT2D eigenvalue weighted by molar-refractivity contribution is 7.99. The molecule has 0 spiro atoms. The van der Waals surface area contributed by atoms with Gasteiger partial charge in [0.2, 0.25) is 0 Å². The SMILES string of the molecule is CC[C@]1(C[C@H](O)CC(F)(F)F)CSc2ccccc2[C@H](c2ccccc2)N1. The summed E-state index contributed by atoms with van der Waals surface area (Å²) in [6.45, 7) is 1.96. The number of nitrogens with one attached hydrogen (secondary N) is 1. The lowest BCUT2D eigenvalue weighted by molar-refractivity contribution is -0.155. The second kappa shape index (κ2) is 8.25. The highest BCUT2D eigenvalue weighted by Gasteiger charge is 2.40. The van der Waals surface area contributed by atoms with E-state index in [0.29, 0.717) is 12.2 Å². The summed E-state index contributed by atoms with van der Waals surface area (Å²) in [5, 5.41) is 13.7. The fourth-order valence-electron chi connectivity index (χ4n) is 3.66. The minimum atomic E-state index is -4.37. The first kappa shape index (κ1) is 20.2. The van der Waals surface area contributed by atoms with Crippen molar-refractivity contribution in [1.29, 1.82) is 0 Å². The number of hydrogen-bond donors (Lipinski definition) is 2. The van der Waals surface area contributed by atoms with E-state index in [2.05, 4.69) is 17.4 Å². The highest BCUT2D eigenvalue weighted by atomic mass is 32.2. The number of alkyl halides is 3. The van der Waals surface area contributed by atoms with Crippen molar-refractivity contribution in [2.45, 2.75) is 54.9 Å². The van der Waals surface area contributed by atoms with Gasteiger partial charge in [-0.25, -0.2) is 0 Å². The number of aliphatic hydroxyl groups excluding tert-OH is 1. The monoisotopic (exact) mass is 395 g/mol. The van der Waals surface area contributed by atoms with Gasteiger partial charge >= 0.3 is 6.18 Å². The van der Waals surface area contributed by atoms with Crippen LogP contribution in [-0.2, 0) is 0 Å². The Balaban J connectivity index is 1.94. The second-order valence-electron chi connectivity index (χ2n) is 7.13. The zero-order chi connectivity index (χ0) is 19.5. The summed E-state index contributed by atoms with van der Waals surface area (Å²) >= 11 is 1.64. The molecule has 0 amide bonds. The summed E-state index contributed by atoms with van der Waals surface area (Å²) in [4.78, 5) is 1.12. The van der Waals surface area contributed by atoms with E-state index in [-0.39, 0.29) is 12.5 Å². The average Bonchev–Trinajstić information content (AvgIpc) is 2.79. The molecule has 0 aliphatic carbocycles. The normalized spacial score (nSPS) is 24.1. The van der Waals surface area contributed by atoms with Crippen LogP contribution in [0.4, 0.5) is 13.2 Å². The number of thioether (sulfide) groups is 1. The molecule has 27 heavy (non-hydrogen) atoms. The molecule has 0 saturated heterocycles. The molecular weight excluding hydrogens is 371 g/mol. The molecule has 6 heteroatoms. The van der Waals surface area contributed by atoms with Crippen molar-refractivity contribution >= 4 is 11.8 Å². The standard InChI is InChI=1S/C21H24F3NOS/c1-2-20(12-16(26)13-21(22,23)24)14-27-18-11-7-6-10-17(18)19(25-20)15-8-4-3-5-9-15/h3-11,16,19,25-26H,2,12-14H2,1H3/t16-,19-,20-/m0/s1. The lowest BCUT2D eigenvalue weighted by Crippen LogP contribution is -2.50. The van der Waals surface area contributed by atoms with Crippen molar-refractivity contribution in [1.82, 2.24) is 5.32 Å². The molecule has 0 bridgehead atoms. The molecule has 0 aromatic heterocycles. The van der Waals surface area contributed by atoms with Gasteiger partial charge in [-0.05, 0) is 30.0 Å². The topological polar surface area (TPSA) is 32.3 Å². The minimum Gasteiger partial charge on any atom is -0.393 e. The largest absolute Gasteiger partial charge is 0.393 e. The Morgan fingerprint density at radius 2 is 1.81 bits per heavy atom. The maximum atomic E-state index is 12.7. The number of halogens is 3. The third kappa shape index (κ3) is 5.06. The van der Waals surface area contributed by atoms with Crippen LogP contribution >= 0.6 is 11.8 Å². The van der Waals surface area contributed by atoms with Crippen molar-refractivity contribution in [3.05, 3.63) is 65.7 Å². The molecule has 0 radical (unpaired) electrons. The van der Waals surface area contributed by atoms with E-state index in [1.54, 1.807) is 11.8 Å². The zero-order valence-electron chi connectivity index (χ0n) is 15.2. The van der Waals surface area contributed by atoms with Gasteiger partial charge < -0.3 is 5.11 Å². The van der Waals surface area contributed by atoms with Crippen LogP contribution < -0.4 is 5.32 Å². The van der Waals surface area contributed by atoms with Crippen LogP contribution in [0.5, 0.6) is 0 Å². The summed E-state index contributed by atoms with van der Waals surface area (Å²) in [5.74, 6) is 0.610. The average molecular weight is 395 g/mol. The Bertz CT molecular complexity index is 753. The van der Waals surface area contributed by atoms with Gasteiger partial charge in [-0.15, -0.1) is 11.8 Å². The number of aliphatic hydroxyl groups is 1. The smallest absolute Gasteiger partial charge is 0.391 e. The third-order valence-corrected chi connectivity index (χ3v) is 6.47. The minimum absolute atomic E-state index is 0.0628. The maximum absolute atomic E-state index is 12.7. The van der Waals surface area contributed by atoms with E-state index in [4.69, 9.17) is 0 Å². The molecule has 0 saturated carbocycles. The first-order chi connectivity index (χ1) is 12.8. The fourth-order valence-corrected chi connectivity index (χ4v) is 5.02. The van der Waals surface area contributed by atoms with Crippen LogP contribution in [0.15, 0.2) is 59.5 Å². The predicted octanol–water partition coefficient (Wildman–Crippen LogP) is 5.32. The summed E-state index contributed by atoms with van der Waals surface area (Å²) < 4.78 is 38.2. The van der Waals surface area contributed by atoms with Gasteiger partial charge in [-0.2, -0.15) is 13.2 Å². The van der Waals surface area contributed by atoms with Crippen molar-refractivity contribution in [2.24, 2.45) is 0 Å². The first-order valence-electron chi connectivity index (χ1n) is 9.11. The van der Waals surface area contributed by atoms with Gasteiger partial charge in [0.15, 0.2) is 0 Å². The molecular formula is C21H24F3NOS. The van der Waals surface area contributed by atoms with Crippen molar-refractivity contribution in [3.8, 4) is 0 Å². The van der Waals surface area contributed by atoms with E-state index in [1.807, 2.05) is 49.4 Å². The second-order valence-corrected chi connectivity index (χ2v) is 8.14. The van der Waals surface area contributed by atoms with Crippen LogP contribution in [0, 0.1) is 0 Å². The lowest BCUT2D eigenvalue weighted by Gasteiger charge is -2.37. The molecule has 1 heterocycles. The molecule has 2 nitrogen and oxygen atoms in total. The van der Waals surface area contributed by atoms with Crippen molar-refractivity contribution in [2.75, 3.05) is 5.75 Å². The van der Waals surface area contributed by atoms with Gasteiger partial charge in [-0.3, -0.25) is 5.32 Å².